The van der Waals surface area contributed by atoms with E-state index in [0.717, 1.165) is 31.3 Å². The summed E-state index contributed by atoms with van der Waals surface area (Å²) in [5, 5.41) is 3.43. The molecule has 1 aliphatic carbocycles. The number of nitrogens with zero attached hydrogens (tertiary/aromatic N) is 1. The zero-order chi connectivity index (χ0) is 12.3. The van der Waals surface area contributed by atoms with Gasteiger partial charge in [0.15, 0.2) is 0 Å². The Morgan fingerprint density at radius 2 is 1.94 bits per heavy atom. The van der Waals surface area contributed by atoms with E-state index in [2.05, 4.69) is 12.2 Å². The Kier molecular flexibility index (Phi) is 4.43. The van der Waals surface area contributed by atoms with Crippen molar-refractivity contribution in [2.75, 3.05) is 20.1 Å². The Bertz CT molecular complexity index is 259. The first-order chi connectivity index (χ1) is 8.16. The van der Waals surface area contributed by atoms with Crippen LogP contribution in [0.2, 0.25) is 0 Å². The Morgan fingerprint density at radius 3 is 2.53 bits per heavy atom. The van der Waals surface area contributed by atoms with E-state index in [0.29, 0.717) is 0 Å². The molecule has 0 aromatic rings. The van der Waals surface area contributed by atoms with Crippen LogP contribution in [0.3, 0.4) is 0 Å². The lowest BCUT2D eigenvalue weighted by Gasteiger charge is -2.26. The minimum absolute atomic E-state index is 0.0996. The van der Waals surface area contributed by atoms with Crippen LogP contribution in [0, 0.1) is 11.8 Å². The van der Waals surface area contributed by atoms with Crippen molar-refractivity contribution < 1.29 is 4.79 Å². The third-order valence-electron chi connectivity index (χ3n) is 4.51. The van der Waals surface area contributed by atoms with Crippen LogP contribution in [0.25, 0.3) is 0 Å². The molecule has 1 N–H and O–H groups in total. The zero-order valence-electron chi connectivity index (χ0n) is 11.2. The molecule has 2 rings (SSSR count). The fraction of sp³-hybridized carbons (Fsp3) is 0.929. The highest BCUT2D eigenvalue weighted by molar-refractivity contribution is 5.83. The Balaban J connectivity index is 1.61. The Labute approximate surface area is 105 Å². The second-order valence-corrected chi connectivity index (χ2v) is 5.97. The van der Waals surface area contributed by atoms with E-state index in [1.54, 1.807) is 0 Å². The average Bonchev–Trinajstić information content (AvgIpc) is 2.64. The van der Waals surface area contributed by atoms with E-state index < -0.39 is 0 Å². The molecule has 0 bridgehead atoms. The maximum absolute atomic E-state index is 11.7. The van der Waals surface area contributed by atoms with Crippen molar-refractivity contribution in [2.45, 2.75) is 51.5 Å². The number of hydrogen-bond acceptors (Lipinski definition) is 2. The maximum atomic E-state index is 11.7. The molecule has 1 unspecified atom stereocenters. The van der Waals surface area contributed by atoms with Gasteiger partial charge >= 0.3 is 0 Å². The van der Waals surface area contributed by atoms with Crippen molar-refractivity contribution in [1.82, 2.24) is 10.2 Å². The topological polar surface area (TPSA) is 32.3 Å². The van der Waals surface area contributed by atoms with Crippen LogP contribution in [0.1, 0.15) is 45.4 Å². The minimum Gasteiger partial charge on any atom is -0.344 e. The largest absolute Gasteiger partial charge is 0.344 e. The number of likely N-dealkylation sites (N-methyl/N-ethyl adjacent to an activating group) is 1. The smallest absolute Gasteiger partial charge is 0.239 e. The van der Waals surface area contributed by atoms with Gasteiger partial charge in [-0.15, -0.1) is 0 Å². The van der Waals surface area contributed by atoms with Crippen LogP contribution in [-0.2, 0) is 4.79 Å². The van der Waals surface area contributed by atoms with E-state index >= 15 is 0 Å². The van der Waals surface area contributed by atoms with Crippen LogP contribution in [-0.4, -0.2) is 37.0 Å². The lowest BCUT2D eigenvalue weighted by Crippen LogP contribution is -2.38. The van der Waals surface area contributed by atoms with Crippen LogP contribution in [0.5, 0.6) is 0 Å². The second kappa shape index (κ2) is 5.85. The molecule has 1 saturated heterocycles. The van der Waals surface area contributed by atoms with Gasteiger partial charge in [0.05, 0.1) is 6.04 Å². The number of carbonyl (C=O) groups is 1. The van der Waals surface area contributed by atoms with Gasteiger partial charge in [-0.2, -0.15) is 0 Å². The quantitative estimate of drug-likeness (QED) is 0.812. The van der Waals surface area contributed by atoms with E-state index in [-0.39, 0.29) is 11.9 Å². The van der Waals surface area contributed by atoms with E-state index in [4.69, 9.17) is 0 Å². The summed E-state index contributed by atoms with van der Waals surface area (Å²) in [4.78, 5) is 13.5. The zero-order valence-corrected chi connectivity index (χ0v) is 11.2. The lowest BCUT2D eigenvalue weighted by atomic mass is 9.81. The van der Waals surface area contributed by atoms with Crippen LogP contribution < -0.4 is 5.32 Å². The van der Waals surface area contributed by atoms with Gasteiger partial charge in [-0.3, -0.25) is 4.79 Å². The summed E-state index contributed by atoms with van der Waals surface area (Å²) in [5.41, 5.74) is 0. The predicted octanol–water partition coefficient (Wildman–Crippen LogP) is 2.02. The summed E-state index contributed by atoms with van der Waals surface area (Å²) in [6, 6.07) is 0.0996. The molecule has 0 spiro atoms. The first kappa shape index (κ1) is 12.9. The molecule has 1 heterocycles. The highest BCUT2D eigenvalue weighted by Gasteiger charge is 2.28. The summed E-state index contributed by atoms with van der Waals surface area (Å²) in [6.45, 7) is 4.29. The number of hydrogen-bond donors (Lipinski definition) is 1. The molecule has 2 fully saturated rings. The molecule has 0 radical (unpaired) electrons. The van der Waals surface area contributed by atoms with Gasteiger partial charge in [0.1, 0.15) is 0 Å². The predicted molar refractivity (Wildman–Crippen MR) is 69.8 cm³/mol. The fourth-order valence-corrected chi connectivity index (χ4v) is 3.09. The lowest BCUT2D eigenvalue weighted by molar-refractivity contribution is -0.128. The summed E-state index contributed by atoms with van der Waals surface area (Å²) < 4.78 is 0. The summed E-state index contributed by atoms with van der Waals surface area (Å²) >= 11 is 0. The molecular weight excluding hydrogens is 212 g/mol. The molecule has 1 amide bonds. The van der Waals surface area contributed by atoms with Gasteiger partial charge in [-0.05, 0) is 31.2 Å². The van der Waals surface area contributed by atoms with Crippen LogP contribution >= 0.6 is 0 Å². The van der Waals surface area contributed by atoms with Crippen molar-refractivity contribution >= 4 is 5.91 Å². The molecule has 3 heteroatoms. The van der Waals surface area contributed by atoms with E-state index in [1.807, 2.05) is 11.9 Å². The summed E-state index contributed by atoms with van der Waals surface area (Å²) in [5.74, 6) is 2.11. The van der Waals surface area contributed by atoms with Gasteiger partial charge in [-0.1, -0.05) is 32.6 Å². The van der Waals surface area contributed by atoms with Crippen molar-refractivity contribution in [2.24, 2.45) is 11.8 Å². The normalized spacial score (nSPS) is 34.4. The van der Waals surface area contributed by atoms with Gasteiger partial charge in [-0.25, -0.2) is 0 Å². The van der Waals surface area contributed by atoms with Crippen LogP contribution in [0.4, 0.5) is 0 Å². The average molecular weight is 238 g/mol. The van der Waals surface area contributed by atoms with Gasteiger partial charge in [0.2, 0.25) is 5.91 Å². The maximum Gasteiger partial charge on any atom is 0.239 e. The van der Waals surface area contributed by atoms with Crippen LogP contribution in [0.15, 0.2) is 0 Å². The summed E-state index contributed by atoms with van der Waals surface area (Å²) in [7, 11) is 1.90. The molecule has 0 aromatic heterocycles. The monoisotopic (exact) mass is 238 g/mol. The van der Waals surface area contributed by atoms with E-state index in [9.17, 15) is 4.79 Å². The van der Waals surface area contributed by atoms with Gasteiger partial charge in [0, 0.05) is 13.6 Å². The Hall–Kier alpha value is -0.570. The van der Waals surface area contributed by atoms with Gasteiger partial charge < -0.3 is 10.2 Å². The number of likely N-dealkylation sites (tertiary alicyclic amines) is 1. The third-order valence-corrected chi connectivity index (χ3v) is 4.51. The number of rotatable bonds is 4. The van der Waals surface area contributed by atoms with E-state index in [1.165, 1.54) is 32.1 Å². The highest BCUT2D eigenvalue weighted by atomic mass is 16.2. The van der Waals surface area contributed by atoms with Crippen molar-refractivity contribution in [3.05, 3.63) is 0 Å². The molecule has 98 valence electrons. The molecule has 0 aromatic carbocycles. The summed E-state index contributed by atoms with van der Waals surface area (Å²) in [6.07, 6.45) is 7.81. The number of amides is 1. The Morgan fingerprint density at radius 1 is 1.24 bits per heavy atom. The van der Waals surface area contributed by atoms with Crippen molar-refractivity contribution in [3.63, 3.8) is 0 Å². The molecule has 17 heavy (non-hydrogen) atoms. The first-order valence-electron chi connectivity index (χ1n) is 7.15. The molecule has 1 aliphatic heterocycles. The molecule has 2 aliphatic rings. The fourth-order valence-electron chi connectivity index (χ4n) is 3.09. The molecule has 1 atom stereocenters. The number of nitrogens with one attached hydrogen (secondary N) is 1. The third kappa shape index (κ3) is 3.44. The number of carbonyl (C=O) groups excluding carboxylic acids is 1. The van der Waals surface area contributed by atoms with Crippen molar-refractivity contribution in [1.29, 1.82) is 0 Å². The standard InChI is InChI=1S/C14H26N2O/c1-11-3-5-12(6-4-11)7-9-15-13-8-10-16(2)14(13)17/h11-13,15H,3-10H2,1-2H3. The minimum atomic E-state index is 0.0996. The highest BCUT2D eigenvalue weighted by Crippen LogP contribution is 2.30. The molecular formula is C14H26N2O. The second-order valence-electron chi connectivity index (χ2n) is 5.97. The molecule has 1 saturated carbocycles. The SMILES string of the molecule is CC1CCC(CCNC2CCN(C)C2=O)CC1. The van der Waals surface area contributed by atoms with Gasteiger partial charge in [0.25, 0.3) is 0 Å². The molecule has 3 nitrogen and oxygen atoms in total. The first-order valence-corrected chi connectivity index (χ1v) is 7.15. The van der Waals surface area contributed by atoms with Crippen molar-refractivity contribution in [3.8, 4) is 0 Å².